The van der Waals surface area contributed by atoms with Gasteiger partial charge in [-0.3, -0.25) is 4.79 Å². The minimum absolute atomic E-state index is 0.00817. The van der Waals surface area contributed by atoms with Gasteiger partial charge in [0.1, 0.15) is 12.1 Å². The first-order chi connectivity index (χ1) is 17.8. The van der Waals surface area contributed by atoms with E-state index in [0.717, 1.165) is 25.7 Å². The molecule has 3 N–H and O–H groups in total. The number of amidine groups is 2. The lowest BCUT2D eigenvalue weighted by molar-refractivity contribution is -0.122. The molecule has 7 nitrogen and oxygen atoms in total. The first kappa shape index (κ1) is 30.0. The Labute approximate surface area is 223 Å². The highest BCUT2D eigenvalue weighted by Gasteiger charge is 2.29. The number of halogens is 2. The van der Waals surface area contributed by atoms with Crippen molar-refractivity contribution in [2.45, 2.75) is 64.4 Å². The van der Waals surface area contributed by atoms with Gasteiger partial charge in [-0.25, -0.2) is 9.38 Å². The van der Waals surface area contributed by atoms with Gasteiger partial charge in [0.25, 0.3) is 0 Å². The van der Waals surface area contributed by atoms with Crippen LogP contribution in [0.5, 0.6) is 0 Å². The third kappa shape index (κ3) is 10.7. The lowest BCUT2D eigenvalue weighted by Crippen LogP contribution is -2.44. The summed E-state index contributed by atoms with van der Waals surface area (Å²) in [6.45, 7) is 7.47. The lowest BCUT2D eigenvalue weighted by atomic mass is 9.85. The van der Waals surface area contributed by atoms with Crippen LogP contribution in [0.3, 0.4) is 0 Å². The van der Waals surface area contributed by atoms with Crippen LogP contribution in [-0.4, -0.2) is 35.0 Å². The van der Waals surface area contributed by atoms with Crippen LogP contribution < -0.4 is 10.6 Å². The van der Waals surface area contributed by atoms with Gasteiger partial charge in [-0.1, -0.05) is 56.0 Å². The largest absolute Gasteiger partial charge is 0.432 e. The molecule has 0 radical (unpaired) electrons. The number of rotatable bonds is 8. The molecule has 0 atom stereocenters. The van der Waals surface area contributed by atoms with E-state index in [0.29, 0.717) is 23.6 Å². The van der Waals surface area contributed by atoms with Gasteiger partial charge in [-0.15, -0.1) is 6.58 Å². The molecule has 1 amide bonds. The van der Waals surface area contributed by atoms with Crippen LogP contribution in [0.4, 0.5) is 4.39 Å². The average molecular weight is 531 g/mol. The third-order valence-electron chi connectivity index (χ3n) is 5.50. The maximum atomic E-state index is 14.3. The normalized spacial score (nSPS) is 16.9. The number of ether oxygens (including phenoxy) is 1. The fourth-order valence-electron chi connectivity index (χ4n) is 3.69. The topological polar surface area (TPSA) is 95.3 Å². The Kier molecular flexibility index (Phi) is 12.8. The van der Waals surface area contributed by atoms with Gasteiger partial charge in [0.2, 0.25) is 5.91 Å². The van der Waals surface area contributed by atoms with Crippen molar-refractivity contribution >= 4 is 29.4 Å². The van der Waals surface area contributed by atoms with Crippen molar-refractivity contribution in [2.75, 3.05) is 6.54 Å². The molecule has 1 aromatic rings. The Balaban J connectivity index is 0.00000153. The SMILES string of the molecule is C=CC.CC/C=C/C=C(\CC(=O)NCC1(O)CCCCC1)NC1=NC(c2cc(Cl)ccc2F)=NC=CO1. The molecule has 37 heavy (non-hydrogen) atoms. The molecule has 2 aliphatic rings. The van der Waals surface area contributed by atoms with Crippen LogP contribution in [0.15, 0.2) is 77.2 Å². The third-order valence-corrected chi connectivity index (χ3v) is 5.74. The average Bonchev–Trinajstić information content (AvgIpc) is 3.11. The van der Waals surface area contributed by atoms with Gasteiger partial charge < -0.3 is 20.5 Å². The van der Waals surface area contributed by atoms with Crippen molar-refractivity contribution < 1.29 is 19.0 Å². The van der Waals surface area contributed by atoms with Crippen molar-refractivity contribution in [3.8, 4) is 0 Å². The molecule has 0 spiro atoms. The quantitative estimate of drug-likeness (QED) is 0.287. The monoisotopic (exact) mass is 530 g/mol. The maximum Gasteiger partial charge on any atom is 0.300 e. The summed E-state index contributed by atoms with van der Waals surface area (Å²) in [4.78, 5) is 21.1. The van der Waals surface area contributed by atoms with Crippen molar-refractivity contribution in [1.29, 1.82) is 0 Å². The van der Waals surface area contributed by atoms with Crippen molar-refractivity contribution in [3.63, 3.8) is 0 Å². The van der Waals surface area contributed by atoms with E-state index < -0.39 is 11.4 Å². The van der Waals surface area contributed by atoms with Crippen molar-refractivity contribution in [3.05, 3.63) is 83.6 Å². The van der Waals surface area contributed by atoms with E-state index in [1.54, 1.807) is 12.2 Å². The molecule has 3 rings (SSSR count). The van der Waals surface area contributed by atoms with Crippen molar-refractivity contribution in [2.24, 2.45) is 9.98 Å². The summed E-state index contributed by atoms with van der Waals surface area (Å²) in [6, 6.07) is 4.14. The van der Waals surface area contributed by atoms with E-state index in [4.69, 9.17) is 16.3 Å². The van der Waals surface area contributed by atoms with E-state index in [9.17, 15) is 14.3 Å². The Morgan fingerprint density at radius 3 is 2.76 bits per heavy atom. The molecule has 1 heterocycles. The standard InChI is InChI=1S/C25H30ClFN4O3.C3H6/c1-2-3-5-8-19(16-22(32)29-17-25(33)11-6-4-7-12-25)30-24-31-23(28-13-14-34-24)20-15-18(26)9-10-21(20)27;1-3-2/h3,5,8-10,13-15,33H,2,4,6-7,11-12,16-17H2,1H3,(H,29,32)(H,28,30,31);3H,1H2,2H3/b5-3+,19-8+;. The molecule has 9 heteroatoms. The van der Waals surface area contributed by atoms with Crippen LogP contribution in [0.25, 0.3) is 0 Å². The predicted molar refractivity (Wildman–Crippen MR) is 148 cm³/mol. The highest BCUT2D eigenvalue weighted by atomic mass is 35.5. The van der Waals surface area contributed by atoms with Crippen molar-refractivity contribution in [1.82, 2.24) is 10.6 Å². The van der Waals surface area contributed by atoms with Gasteiger partial charge in [-0.2, -0.15) is 4.99 Å². The van der Waals surface area contributed by atoms with Gasteiger partial charge in [0, 0.05) is 17.3 Å². The number of nitrogens with one attached hydrogen (secondary N) is 2. The van der Waals surface area contributed by atoms with Crippen LogP contribution in [0, 0.1) is 5.82 Å². The van der Waals surface area contributed by atoms with Crippen LogP contribution in [-0.2, 0) is 9.53 Å². The number of nitrogens with zero attached hydrogens (tertiary/aromatic N) is 2. The van der Waals surface area contributed by atoms with Crippen LogP contribution >= 0.6 is 11.6 Å². The molecule has 200 valence electrons. The summed E-state index contributed by atoms with van der Waals surface area (Å²) in [5, 5.41) is 16.8. The zero-order valence-electron chi connectivity index (χ0n) is 21.5. The molecule has 0 saturated heterocycles. The molecule has 1 fully saturated rings. The summed E-state index contributed by atoms with van der Waals surface area (Å²) >= 11 is 6.01. The number of allylic oxidation sites excluding steroid dienone is 4. The molecule has 1 aliphatic heterocycles. The number of hydrogen-bond donors (Lipinski definition) is 3. The number of carbonyl (C=O) groups is 1. The highest BCUT2D eigenvalue weighted by Crippen LogP contribution is 2.27. The second-order valence-corrected chi connectivity index (χ2v) is 9.13. The number of amides is 1. The zero-order chi connectivity index (χ0) is 27.1. The fourth-order valence-corrected chi connectivity index (χ4v) is 3.86. The van der Waals surface area contributed by atoms with E-state index >= 15 is 0 Å². The minimum Gasteiger partial charge on any atom is -0.432 e. The number of aliphatic hydroxyl groups is 1. The molecule has 0 bridgehead atoms. The number of aliphatic imine (C=N–C) groups is 2. The summed E-state index contributed by atoms with van der Waals surface area (Å²) in [6.07, 6.45) is 15.2. The van der Waals surface area contributed by atoms with E-state index in [2.05, 4.69) is 27.2 Å². The Hall–Kier alpha value is -3.23. The fraction of sp³-hybridized carbons (Fsp3) is 0.393. The first-order valence-electron chi connectivity index (χ1n) is 12.4. The second-order valence-electron chi connectivity index (χ2n) is 8.70. The lowest BCUT2D eigenvalue weighted by Gasteiger charge is -2.32. The molecule has 0 unspecified atom stereocenters. The number of benzene rings is 1. The zero-order valence-corrected chi connectivity index (χ0v) is 22.2. The molecule has 1 aromatic carbocycles. The Bertz CT molecular complexity index is 1070. The summed E-state index contributed by atoms with van der Waals surface area (Å²) in [7, 11) is 0. The molecule has 1 aliphatic carbocycles. The number of carbonyl (C=O) groups excluding carboxylic acids is 1. The minimum atomic E-state index is -0.848. The highest BCUT2D eigenvalue weighted by molar-refractivity contribution is 6.31. The molecule has 1 saturated carbocycles. The van der Waals surface area contributed by atoms with Gasteiger partial charge in [0.15, 0.2) is 5.84 Å². The number of hydrogen-bond acceptors (Lipinski definition) is 6. The van der Waals surface area contributed by atoms with E-state index in [1.165, 1.54) is 30.7 Å². The summed E-state index contributed by atoms with van der Waals surface area (Å²) < 4.78 is 19.8. The Morgan fingerprint density at radius 1 is 1.32 bits per heavy atom. The Morgan fingerprint density at radius 2 is 2.05 bits per heavy atom. The van der Waals surface area contributed by atoms with Crippen LogP contribution in [0.2, 0.25) is 5.02 Å². The van der Waals surface area contributed by atoms with Crippen LogP contribution in [0.1, 0.15) is 64.4 Å². The molecular formula is C28H36ClFN4O3. The van der Waals surface area contributed by atoms with E-state index in [-0.39, 0.29) is 36.3 Å². The van der Waals surface area contributed by atoms with Gasteiger partial charge >= 0.3 is 6.02 Å². The first-order valence-corrected chi connectivity index (χ1v) is 12.8. The smallest absolute Gasteiger partial charge is 0.300 e. The van der Waals surface area contributed by atoms with Gasteiger partial charge in [-0.05, 0) is 50.5 Å². The molecule has 0 aromatic heterocycles. The molecular weight excluding hydrogens is 495 g/mol. The van der Waals surface area contributed by atoms with E-state index in [1.807, 2.05) is 26.0 Å². The predicted octanol–water partition coefficient (Wildman–Crippen LogP) is 5.92. The van der Waals surface area contributed by atoms with Gasteiger partial charge in [0.05, 0.1) is 23.8 Å². The summed E-state index contributed by atoms with van der Waals surface area (Å²) in [5.41, 5.74) is -0.214. The summed E-state index contributed by atoms with van der Waals surface area (Å²) in [5.74, 6) is -0.700. The second kappa shape index (κ2) is 15.8. The maximum absolute atomic E-state index is 14.3.